The van der Waals surface area contributed by atoms with Crippen LogP contribution >= 0.6 is 0 Å². The lowest BCUT2D eigenvalue weighted by Crippen LogP contribution is -2.47. The topological polar surface area (TPSA) is 120 Å². The highest BCUT2D eigenvalue weighted by atomic mass is 16.7. The van der Waals surface area contributed by atoms with Crippen LogP contribution in [0.25, 0.3) is 11.1 Å². The van der Waals surface area contributed by atoms with Gasteiger partial charge >= 0.3 is 12.1 Å². The summed E-state index contributed by atoms with van der Waals surface area (Å²) in [6.45, 7) is 3.85. The van der Waals surface area contributed by atoms with Gasteiger partial charge in [0.2, 0.25) is 0 Å². The Morgan fingerprint density at radius 3 is 2.25 bits per heavy atom. The Morgan fingerprint density at radius 1 is 1.03 bits per heavy atom. The fourth-order valence-corrected chi connectivity index (χ4v) is 3.76. The van der Waals surface area contributed by atoms with E-state index in [4.69, 9.17) is 10.5 Å². The molecule has 0 saturated carbocycles. The van der Waals surface area contributed by atoms with Crippen molar-refractivity contribution in [2.45, 2.75) is 31.2 Å². The molecule has 32 heavy (non-hydrogen) atoms. The molecule has 0 saturated heterocycles. The van der Waals surface area contributed by atoms with Gasteiger partial charge in [-0.1, -0.05) is 55.1 Å². The minimum absolute atomic E-state index is 0.0915. The first kappa shape index (κ1) is 23.0. The van der Waals surface area contributed by atoms with Gasteiger partial charge in [0.25, 0.3) is 5.91 Å². The van der Waals surface area contributed by atoms with Gasteiger partial charge in [0.05, 0.1) is 0 Å². The molecule has 1 atom stereocenters. The Morgan fingerprint density at radius 2 is 1.66 bits per heavy atom. The molecule has 8 heteroatoms. The maximum Gasteiger partial charge on any atom is 0.407 e. The van der Waals surface area contributed by atoms with Crippen molar-refractivity contribution in [1.82, 2.24) is 10.8 Å². The smallest absolute Gasteiger partial charge is 0.407 e. The summed E-state index contributed by atoms with van der Waals surface area (Å²) in [5.74, 6) is -1.56. The normalized spacial score (nSPS) is 12.8. The maximum atomic E-state index is 12.5. The summed E-state index contributed by atoms with van der Waals surface area (Å²) in [5.41, 5.74) is 12.0. The van der Waals surface area contributed by atoms with Crippen LogP contribution in [0.15, 0.2) is 61.2 Å². The number of benzene rings is 2. The average molecular weight is 437 g/mol. The first-order valence-corrected chi connectivity index (χ1v) is 10.5. The third kappa shape index (κ3) is 5.53. The molecule has 0 spiro atoms. The second-order valence-corrected chi connectivity index (χ2v) is 7.40. The molecule has 8 nitrogen and oxygen atoms in total. The monoisotopic (exact) mass is 437 g/mol. The van der Waals surface area contributed by atoms with Gasteiger partial charge in [0.15, 0.2) is 0 Å². The summed E-state index contributed by atoms with van der Waals surface area (Å²) < 4.78 is 5.49. The van der Waals surface area contributed by atoms with Crippen LogP contribution in [0.1, 0.15) is 36.3 Å². The summed E-state index contributed by atoms with van der Waals surface area (Å²) in [6.07, 6.45) is 1.80. The second-order valence-electron chi connectivity index (χ2n) is 7.40. The average Bonchev–Trinajstić information content (AvgIpc) is 3.14. The Kier molecular flexibility index (Phi) is 7.99. The number of hydrogen-bond donors (Lipinski definition) is 3. The molecule has 2 aromatic carbocycles. The van der Waals surface area contributed by atoms with Crippen LogP contribution in [-0.2, 0) is 19.2 Å². The van der Waals surface area contributed by atoms with Gasteiger partial charge in [0.1, 0.15) is 12.6 Å². The molecule has 0 bridgehead atoms. The largest absolute Gasteiger partial charge is 0.449 e. The molecule has 0 fully saturated rings. The van der Waals surface area contributed by atoms with Crippen LogP contribution in [0.2, 0.25) is 0 Å². The summed E-state index contributed by atoms with van der Waals surface area (Å²) >= 11 is 0. The highest BCUT2D eigenvalue weighted by molar-refractivity contribution is 5.87. The fraction of sp³-hybridized carbons (Fsp3) is 0.292. The van der Waals surface area contributed by atoms with Gasteiger partial charge in [-0.3, -0.25) is 4.79 Å². The van der Waals surface area contributed by atoms with E-state index in [0.717, 1.165) is 28.3 Å². The summed E-state index contributed by atoms with van der Waals surface area (Å²) in [4.78, 5) is 40.6. The van der Waals surface area contributed by atoms with Crippen molar-refractivity contribution < 1.29 is 24.0 Å². The van der Waals surface area contributed by atoms with Crippen LogP contribution in [0.3, 0.4) is 0 Å². The molecule has 0 aromatic heterocycles. The first-order valence-electron chi connectivity index (χ1n) is 10.5. The van der Waals surface area contributed by atoms with Crippen molar-refractivity contribution in [3.8, 4) is 11.1 Å². The van der Waals surface area contributed by atoms with Gasteiger partial charge in [0, 0.05) is 12.0 Å². The Hall–Kier alpha value is -3.65. The number of hydrogen-bond acceptors (Lipinski definition) is 6. The summed E-state index contributed by atoms with van der Waals surface area (Å²) in [5, 5.41) is 2.56. The number of carbonyl (C=O) groups excluding carboxylic acids is 3. The molecule has 2 aromatic rings. The number of nitrogens with one attached hydrogen (secondary N) is 2. The van der Waals surface area contributed by atoms with Gasteiger partial charge in [-0.2, -0.15) is 5.48 Å². The zero-order valence-electron chi connectivity index (χ0n) is 17.7. The number of alkyl carbamates (subject to hydrolysis) is 1. The number of fused-ring (bicyclic) bond motifs is 3. The van der Waals surface area contributed by atoms with Gasteiger partial charge in [-0.15, -0.1) is 0 Å². The molecule has 0 radical (unpaired) electrons. The van der Waals surface area contributed by atoms with Crippen LogP contribution < -0.4 is 16.5 Å². The Bertz CT molecular complexity index is 946. The van der Waals surface area contributed by atoms with Crippen molar-refractivity contribution in [2.75, 3.05) is 13.2 Å². The predicted octanol–water partition coefficient (Wildman–Crippen LogP) is 2.78. The molecule has 0 aliphatic heterocycles. The minimum Gasteiger partial charge on any atom is -0.449 e. The molecule has 1 aliphatic rings. The van der Waals surface area contributed by atoms with Crippen LogP contribution in [-0.4, -0.2) is 37.2 Å². The van der Waals surface area contributed by atoms with Crippen LogP contribution in [0.4, 0.5) is 4.79 Å². The van der Waals surface area contributed by atoms with E-state index in [1.54, 1.807) is 0 Å². The minimum atomic E-state index is -0.935. The zero-order chi connectivity index (χ0) is 22.9. The number of unbranched alkanes of at least 4 members (excludes halogenated alkanes) is 1. The molecule has 3 rings (SSSR count). The standard InChI is InChI=1S/C24H27N3O5/c1-2-22(28)32-27-23(29)21(13-7-8-14-25)26-24(30)31-15-20-18-11-5-3-9-16(18)17-10-4-6-12-19(17)20/h2-6,9-12,20-21H,1,7-8,13-15,25H2,(H,26,30)(H,27,29)/t21-/m0/s1. The Labute approximate surface area is 186 Å². The number of amides is 2. The molecule has 4 N–H and O–H groups in total. The Balaban J connectivity index is 1.62. The van der Waals surface area contributed by atoms with Crippen LogP contribution in [0, 0.1) is 0 Å². The summed E-state index contributed by atoms with van der Waals surface area (Å²) in [7, 11) is 0. The van der Waals surface area contributed by atoms with E-state index >= 15 is 0 Å². The third-order valence-corrected chi connectivity index (χ3v) is 5.32. The molecular weight excluding hydrogens is 410 g/mol. The van der Waals surface area contributed by atoms with Gasteiger partial charge in [-0.25, -0.2) is 9.59 Å². The first-order chi connectivity index (χ1) is 15.5. The van der Waals surface area contributed by atoms with Gasteiger partial charge < -0.3 is 20.6 Å². The molecular formula is C24H27N3O5. The van der Waals surface area contributed by atoms with E-state index < -0.39 is 24.0 Å². The van der Waals surface area contributed by atoms with E-state index in [0.29, 0.717) is 25.8 Å². The van der Waals surface area contributed by atoms with E-state index in [-0.39, 0.29) is 12.5 Å². The fourth-order valence-electron chi connectivity index (χ4n) is 3.76. The molecule has 2 amide bonds. The van der Waals surface area contributed by atoms with Crippen molar-refractivity contribution in [3.63, 3.8) is 0 Å². The third-order valence-electron chi connectivity index (χ3n) is 5.32. The molecule has 1 aliphatic carbocycles. The van der Waals surface area contributed by atoms with E-state index in [1.165, 1.54) is 0 Å². The van der Waals surface area contributed by atoms with E-state index in [9.17, 15) is 14.4 Å². The number of rotatable bonds is 9. The zero-order valence-corrected chi connectivity index (χ0v) is 17.7. The van der Waals surface area contributed by atoms with Crippen molar-refractivity contribution in [1.29, 1.82) is 0 Å². The van der Waals surface area contributed by atoms with Crippen molar-refractivity contribution >= 4 is 18.0 Å². The molecule has 0 unspecified atom stereocenters. The van der Waals surface area contributed by atoms with E-state index in [1.807, 2.05) is 41.9 Å². The quantitative estimate of drug-likeness (QED) is 0.315. The van der Waals surface area contributed by atoms with E-state index in [2.05, 4.69) is 28.9 Å². The molecule has 0 heterocycles. The SMILES string of the molecule is C=CC(=O)ONC(=O)[C@H](CCCCN)NC(=O)OCC1c2ccccc2-c2ccccc21. The second kappa shape index (κ2) is 11.1. The lowest BCUT2D eigenvalue weighted by atomic mass is 9.98. The molecule has 168 valence electrons. The summed E-state index contributed by atoms with van der Waals surface area (Å²) in [6, 6.07) is 15.1. The number of ether oxygens (including phenoxy) is 1. The lowest BCUT2D eigenvalue weighted by Gasteiger charge is -2.19. The highest BCUT2D eigenvalue weighted by Gasteiger charge is 2.29. The van der Waals surface area contributed by atoms with Gasteiger partial charge in [-0.05, 0) is 48.1 Å². The number of carbonyl (C=O) groups is 3. The maximum absolute atomic E-state index is 12.5. The van der Waals surface area contributed by atoms with Crippen LogP contribution in [0.5, 0.6) is 0 Å². The van der Waals surface area contributed by atoms with Crippen molar-refractivity contribution in [3.05, 3.63) is 72.3 Å². The highest BCUT2D eigenvalue weighted by Crippen LogP contribution is 2.44. The number of nitrogens with two attached hydrogens (primary N) is 1. The number of hydroxylamine groups is 1. The predicted molar refractivity (Wildman–Crippen MR) is 119 cm³/mol. The lowest BCUT2D eigenvalue weighted by molar-refractivity contribution is -0.154. The van der Waals surface area contributed by atoms with Crippen molar-refractivity contribution in [2.24, 2.45) is 5.73 Å².